The first-order valence-corrected chi connectivity index (χ1v) is 8.68. The molecular weight excluding hydrogens is 290 g/mol. The molecule has 2 rings (SSSR count). The summed E-state index contributed by atoms with van der Waals surface area (Å²) in [5.41, 5.74) is 2.11. The number of hydrogen-bond acceptors (Lipinski definition) is 3. The van der Waals surface area contributed by atoms with Crippen LogP contribution in [0.15, 0.2) is 24.3 Å². The first-order chi connectivity index (χ1) is 11.2. The van der Waals surface area contributed by atoms with E-state index in [0.29, 0.717) is 13.1 Å². The van der Waals surface area contributed by atoms with E-state index in [1.807, 2.05) is 23.1 Å². The van der Waals surface area contributed by atoms with Crippen LogP contribution in [0, 0.1) is 0 Å². The van der Waals surface area contributed by atoms with E-state index in [1.54, 1.807) is 0 Å². The van der Waals surface area contributed by atoms with Gasteiger partial charge in [0, 0.05) is 37.9 Å². The number of carbonyl (C=O) groups is 1. The Morgan fingerprint density at radius 3 is 2.52 bits per heavy atom. The molecule has 0 aromatic heterocycles. The highest BCUT2D eigenvalue weighted by atomic mass is 16.3. The van der Waals surface area contributed by atoms with Crippen LogP contribution in [0.1, 0.15) is 32.3 Å². The predicted molar refractivity (Wildman–Crippen MR) is 93.8 cm³/mol. The fraction of sp³-hybridized carbons (Fsp3) is 0.611. The van der Waals surface area contributed by atoms with E-state index in [4.69, 9.17) is 0 Å². The van der Waals surface area contributed by atoms with Crippen LogP contribution in [0.4, 0.5) is 10.5 Å². The van der Waals surface area contributed by atoms with Crippen LogP contribution in [0.5, 0.6) is 0 Å². The number of aryl methyl sites for hydroxylation is 1. The number of benzene rings is 1. The van der Waals surface area contributed by atoms with Crippen LogP contribution in [0.25, 0.3) is 0 Å². The number of amides is 2. The minimum absolute atomic E-state index is 0.0229. The molecular formula is C18H29N3O2. The zero-order valence-corrected chi connectivity index (χ0v) is 14.3. The van der Waals surface area contributed by atoms with E-state index in [1.165, 1.54) is 5.56 Å². The highest BCUT2D eigenvalue weighted by molar-refractivity contribution is 5.90. The minimum Gasteiger partial charge on any atom is -0.395 e. The number of aliphatic hydroxyl groups is 1. The van der Waals surface area contributed by atoms with E-state index < -0.39 is 0 Å². The molecule has 5 heteroatoms. The van der Waals surface area contributed by atoms with E-state index >= 15 is 0 Å². The molecule has 1 fully saturated rings. The molecule has 2 N–H and O–H groups in total. The van der Waals surface area contributed by atoms with Gasteiger partial charge in [-0.05, 0) is 24.5 Å². The van der Waals surface area contributed by atoms with Gasteiger partial charge in [-0.25, -0.2) is 4.79 Å². The number of anilines is 1. The molecule has 0 saturated carbocycles. The Morgan fingerprint density at radius 2 is 1.91 bits per heavy atom. The number of nitrogens with one attached hydrogen (secondary N) is 1. The van der Waals surface area contributed by atoms with Crippen molar-refractivity contribution >= 4 is 11.7 Å². The normalized spacial score (nSPS) is 17.1. The van der Waals surface area contributed by atoms with Crippen LogP contribution in [-0.4, -0.2) is 59.8 Å². The van der Waals surface area contributed by atoms with Crippen LogP contribution in [0.3, 0.4) is 0 Å². The van der Waals surface area contributed by atoms with Gasteiger partial charge in [-0.1, -0.05) is 38.5 Å². The summed E-state index contributed by atoms with van der Waals surface area (Å²) in [6.07, 6.45) is 2.97. The second-order valence-electron chi connectivity index (χ2n) is 6.10. The average Bonchev–Trinajstić information content (AvgIpc) is 2.58. The second-order valence-corrected chi connectivity index (χ2v) is 6.10. The van der Waals surface area contributed by atoms with Crippen molar-refractivity contribution in [2.45, 2.75) is 39.2 Å². The first-order valence-electron chi connectivity index (χ1n) is 8.68. The van der Waals surface area contributed by atoms with E-state index in [0.717, 1.165) is 38.0 Å². The highest BCUT2D eigenvalue weighted by Crippen LogP contribution is 2.18. The molecule has 0 aliphatic carbocycles. The van der Waals surface area contributed by atoms with Gasteiger partial charge < -0.3 is 15.3 Å². The van der Waals surface area contributed by atoms with Crippen molar-refractivity contribution in [3.63, 3.8) is 0 Å². The summed E-state index contributed by atoms with van der Waals surface area (Å²) in [6.45, 7) is 7.48. The summed E-state index contributed by atoms with van der Waals surface area (Å²) in [7, 11) is 0. The minimum atomic E-state index is -0.0229. The topological polar surface area (TPSA) is 55.8 Å². The maximum absolute atomic E-state index is 12.5. The van der Waals surface area contributed by atoms with Crippen molar-refractivity contribution in [2.75, 3.05) is 38.1 Å². The summed E-state index contributed by atoms with van der Waals surface area (Å²) < 4.78 is 0. The van der Waals surface area contributed by atoms with Crippen molar-refractivity contribution in [3.05, 3.63) is 29.8 Å². The molecule has 1 aromatic carbocycles. The SMILES string of the molecule is CCCc1ccccc1NC(=O)N1CCN(C(CC)CO)CC1. The van der Waals surface area contributed by atoms with Gasteiger partial charge >= 0.3 is 6.03 Å². The van der Waals surface area contributed by atoms with Crippen molar-refractivity contribution in [1.29, 1.82) is 0 Å². The zero-order chi connectivity index (χ0) is 16.7. The number of piperazine rings is 1. The molecule has 1 aromatic rings. The number of rotatable bonds is 6. The molecule has 5 nitrogen and oxygen atoms in total. The Labute approximate surface area is 139 Å². The van der Waals surface area contributed by atoms with Crippen LogP contribution in [0.2, 0.25) is 0 Å². The van der Waals surface area contributed by atoms with Gasteiger partial charge in [-0.15, -0.1) is 0 Å². The van der Waals surface area contributed by atoms with Crippen molar-refractivity contribution in [2.24, 2.45) is 0 Å². The Bertz CT molecular complexity index is 495. The van der Waals surface area contributed by atoms with Gasteiger partial charge in [0.25, 0.3) is 0 Å². The van der Waals surface area contributed by atoms with Crippen LogP contribution in [-0.2, 0) is 6.42 Å². The Balaban J connectivity index is 1.91. The number of aliphatic hydroxyl groups excluding tert-OH is 1. The van der Waals surface area contributed by atoms with Crippen molar-refractivity contribution in [3.8, 4) is 0 Å². The van der Waals surface area contributed by atoms with Crippen LogP contribution >= 0.6 is 0 Å². The molecule has 128 valence electrons. The summed E-state index contributed by atoms with van der Waals surface area (Å²) in [5, 5.41) is 12.5. The third kappa shape index (κ3) is 4.69. The monoisotopic (exact) mass is 319 g/mol. The van der Waals surface area contributed by atoms with Crippen LogP contribution < -0.4 is 5.32 Å². The molecule has 2 amide bonds. The fourth-order valence-electron chi connectivity index (χ4n) is 3.12. The quantitative estimate of drug-likeness (QED) is 0.847. The van der Waals surface area contributed by atoms with E-state index in [2.05, 4.69) is 30.1 Å². The summed E-state index contributed by atoms with van der Waals surface area (Å²) in [4.78, 5) is 16.6. The fourth-order valence-corrected chi connectivity index (χ4v) is 3.12. The molecule has 1 unspecified atom stereocenters. The highest BCUT2D eigenvalue weighted by Gasteiger charge is 2.25. The lowest BCUT2D eigenvalue weighted by Crippen LogP contribution is -2.53. The number of hydrogen-bond donors (Lipinski definition) is 2. The van der Waals surface area contributed by atoms with Gasteiger partial charge in [0.2, 0.25) is 0 Å². The number of nitrogens with zero attached hydrogens (tertiary/aromatic N) is 2. The molecule has 1 aliphatic heterocycles. The molecule has 1 saturated heterocycles. The third-order valence-electron chi connectivity index (χ3n) is 4.58. The number of urea groups is 1. The lowest BCUT2D eigenvalue weighted by atomic mass is 10.1. The van der Waals surface area contributed by atoms with Gasteiger partial charge in [-0.2, -0.15) is 0 Å². The number of para-hydroxylation sites is 1. The molecule has 0 bridgehead atoms. The maximum atomic E-state index is 12.5. The third-order valence-corrected chi connectivity index (χ3v) is 4.58. The predicted octanol–water partition coefficient (Wildman–Crippen LogP) is 2.56. The molecule has 1 atom stereocenters. The summed E-state index contributed by atoms with van der Waals surface area (Å²) >= 11 is 0. The largest absolute Gasteiger partial charge is 0.395 e. The lowest BCUT2D eigenvalue weighted by Gasteiger charge is -2.38. The van der Waals surface area contributed by atoms with Gasteiger partial charge in [0.05, 0.1) is 6.61 Å². The maximum Gasteiger partial charge on any atom is 0.321 e. The molecule has 1 aliphatic rings. The summed E-state index contributed by atoms with van der Waals surface area (Å²) in [5.74, 6) is 0. The Hall–Kier alpha value is -1.59. The standard InChI is InChI=1S/C18H29N3O2/c1-3-7-15-8-5-6-9-17(15)19-18(23)21-12-10-20(11-13-21)16(4-2)14-22/h5-6,8-9,16,22H,3-4,7,10-14H2,1-2H3,(H,19,23). The smallest absolute Gasteiger partial charge is 0.321 e. The lowest BCUT2D eigenvalue weighted by molar-refractivity contribution is 0.0766. The second kappa shape index (κ2) is 8.89. The summed E-state index contributed by atoms with van der Waals surface area (Å²) in [6, 6.07) is 8.21. The number of carbonyl (C=O) groups excluding carboxylic acids is 1. The Kier molecular flexibility index (Phi) is 6.86. The molecule has 0 radical (unpaired) electrons. The van der Waals surface area contributed by atoms with Gasteiger partial charge in [0.1, 0.15) is 0 Å². The van der Waals surface area contributed by atoms with Gasteiger partial charge in [0.15, 0.2) is 0 Å². The van der Waals surface area contributed by atoms with Gasteiger partial charge in [-0.3, -0.25) is 4.90 Å². The Morgan fingerprint density at radius 1 is 1.22 bits per heavy atom. The zero-order valence-electron chi connectivity index (χ0n) is 14.3. The first kappa shape index (κ1) is 17.8. The van der Waals surface area contributed by atoms with E-state index in [-0.39, 0.29) is 18.7 Å². The average molecular weight is 319 g/mol. The van der Waals surface area contributed by atoms with Crippen molar-refractivity contribution in [1.82, 2.24) is 9.80 Å². The van der Waals surface area contributed by atoms with E-state index in [9.17, 15) is 9.90 Å². The molecule has 1 heterocycles. The molecule has 23 heavy (non-hydrogen) atoms. The van der Waals surface area contributed by atoms with Crippen molar-refractivity contribution < 1.29 is 9.90 Å². The molecule has 0 spiro atoms.